The maximum atomic E-state index is 12.4. The molecule has 0 heterocycles. The van der Waals surface area contributed by atoms with Gasteiger partial charge < -0.3 is 19.7 Å². The number of hydrogen-bond donors (Lipinski definition) is 3. The molecule has 0 saturated heterocycles. The number of hydrogen-bond acceptors (Lipinski definition) is 6. The molecule has 0 saturated carbocycles. The third kappa shape index (κ3) is 6.46. The quantitative estimate of drug-likeness (QED) is 0.556. The Hall–Kier alpha value is -2.22. The lowest BCUT2D eigenvalue weighted by molar-refractivity contribution is -0.0484. The van der Waals surface area contributed by atoms with Crippen LogP contribution < -0.4 is 5.32 Å². The maximum Gasteiger partial charge on any atom is 0.412 e. The molecule has 2 atom stereocenters. The fourth-order valence-corrected chi connectivity index (χ4v) is 3.03. The molecule has 0 unspecified atom stereocenters. The molecule has 6 nitrogen and oxygen atoms in total. The molecule has 2 rings (SSSR count). The maximum absolute atomic E-state index is 12.4. The molecule has 0 radical (unpaired) electrons. The minimum Gasteiger partial charge on any atom is -0.508 e. The zero-order valence-corrected chi connectivity index (χ0v) is 16.2. The van der Waals surface area contributed by atoms with Gasteiger partial charge in [-0.15, -0.1) is 11.8 Å². The predicted octanol–water partition coefficient (Wildman–Crippen LogP) is 4.19. The third-order valence-corrected chi connectivity index (χ3v) is 4.67. The van der Waals surface area contributed by atoms with Crippen LogP contribution in [0.1, 0.15) is 25.0 Å². The normalized spacial score (nSPS) is 13.0. The van der Waals surface area contributed by atoms with E-state index in [1.54, 1.807) is 36.0 Å². The zero-order chi connectivity index (χ0) is 19.6. The number of aliphatic hydroxyl groups is 1. The largest absolute Gasteiger partial charge is 0.508 e. The van der Waals surface area contributed by atoms with Crippen LogP contribution in [0.4, 0.5) is 10.5 Å². The standard InChI is InChI=1S/C20H25NO5S/c1-3-25-18(12-13-22)19(14-4-8-16(23)9-5-14)26-20(24)21-15-6-10-17(27-2)11-7-15/h4-11,18-19,22-23H,3,12-13H2,1-2H3,(H,21,24)/t18-,19-/m0/s1. The molecule has 2 aromatic rings. The SMILES string of the molecule is CCO[C@@H](CCO)[C@@H](OC(=O)Nc1ccc(SC)cc1)c1ccc(O)cc1. The lowest BCUT2D eigenvalue weighted by atomic mass is 10.0. The number of thioether (sulfide) groups is 1. The number of anilines is 1. The summed E-state index contributed by atoms with van der Waals surface area (Å²) in [7, 11) is 0. The highest BCUT2D eigenvalue weighted by atomic mass is 32.2. The summed E-state index contributed by atoms with van der Waals surface area (Å²) in [4.78, 5) is 13.5. The van der Waals surface area contributed by atoms with E-state index in [0.717, 1.165) is 4.90 Å². The number of aliphatic hydroxyl groups excluding tert-OH is 1. The van der Waals surface area contributed by atoms with E-state index in [2.05, 4.69) is 5.32 Å². The van der Waals surface area contributed by atoms with Gasteiger partial charge in [-0.1, -0.05) is 12.1 Å². The molecule has 3 N–H and O–H groups in total. The molecule has 0 aromatic heterocycles. The molecule has 27 heavy (non-hydrogen) atoms. The topological polar surface area (TPSA) is 88.0 Å². The Morgan fingerprint density at radius 3 is 2.37 bits per heavy atom. The number of benzene rings is 2. The van der Waals surface area contributed by atoms with E-state index in [1.165, 1.54) is 12.1 Å². The van der Waals surface area contributed by atoms with Crippen molar-refractivity contribution in [1.82, 2.24) is 0 Å². The second-order valence-corrected chi connectivity index (χ2v) is 6.66. The Balaban J connectivity index is 2.15. The first-order valence-corrected chi connectivity index (χ1v) is 9.93. The molecule has 7 heteroatoms. The summed E-state index contributed by atoms with van der Waals surface area (Å²) < 4.78 is 11.3. The van der Waals surface area contributed by atoms with Crippen LogP contribution in [0.15, 0.2) is 53.4 Å². The Morgan fingerprint density at radius 2 is 1.81 bits per heavy atom. The van der Waals surface area contributed by atoms with Gasteiger partial charge in [-0.2, -0.15) is 0 Å². The number of aromatic hydroxyl groups is 1. The predicted molar refractivity (Wildman–Crippen MR) is 106 cm³/mol. The molecule has 0 aliphatic rings. The van der Waals surface area contributed by atoms with E-state index in [9.17, 15) is 15.0 Å². The number of carbonyl (C=O) groups excluding carboxylic acids is 1. The highest BCUT2D eigenvalue weighted by Crippen LogP contribution is 2.28. The molecule has 2 aromatic carbocycles. The van der Waals surface area contributed by atoms with E-state index in [0.29, 0.717) is 24.3 Å². The minimum absolute atomic E-state index is 0.0968. The van der Waals surface area contributed by atoms with Gasteiger partial charge in [0.15, 0.2) is 6.10 Å². The van der Waals surface area contributed by atoms with E-state index in [-0.39, 0.29) is 12.4 Å². The van der Waals surface area contributed by atoms with Gasteiger partial charge in [-0.3, -0.25) is 5.32 Å². The first-order valence-electron chi connectivity index (χ1n) is 8.70. The minimum atomic E-state index is -0.719. The smallest absolute Gasteiger partial charge is 0.412 e. The van der Waals surface area contributed by atoms with Crippen LogP contribution in [-0.2, 0) is 9.47 Å². The Labute approximate surface area is 163 Å². The number of carbonyl (C=O) groups is 1. The zero-order valence-electron chi connectivity index (χ0n) is 15.4. The molecular formula is C20H25NO5S. The summed E-state index contributed by atoms with van der Waals surface area (Å²) in [5, 5.41) is 21.6. The molecule has 1 amide bonds. The summed E-state index contributed by atoms with van der Waals surface area (Å²) in [6.07, 6.45) is 0.452. The first kappa shape index (κ1) is 21.1. The highest BCUT2D eigenvalue weighted by molar-refractivity contribution is 7.98. The third-order valence-electron chi connectivity index (χ3n) is 3.92. The summed E-state index contributed by atoms with van der Waals surface area (Å²) in [6.45, 7) is 2.16. The van der Waals surface area contributed by atoms with Crippen LogP contribution in [0, 0.1) is 0 Å². The number of rotatable bonds is 9. The Morgan fingerprint density at radius 1 is 1.15 bits per heavy atom. The first-order chi connectivity index (χ1) is 13.1. The highest BCUT2D eigenvalue weighted by Gasteiger charge is 2.27. The number of ether oxygens (including phenoxy) is 2. The van der Waals surface area contributed by atoms with Gasteiger partial charge in [-0.25, -0.2) is 4.79 Å². The van der Waals surface area contributed by atoms with Gasteiger partial charge in [0, 0.05) is 30.2 Å². The van der Waals surface area contributed by atoms with Gasteiger partial charge in [0.25, 0.3) is 0 Å². The second-order valence-electron chi connectivity index (χ2n) is 5.78. The van der Waals surface area contributed by atoms with Crippen LogP contribution >= 0.6 is 11.8 Å². The molecule has 146 valence electrons. The molecular weight excluding hydrogens is 366 g/mol. The molecule has 0 bridgehead atoms. The Bertz CT molecular complexity index is 699. The fourth-order valence-electron chi connectivity index (χ4n) is 2.62. The van der Waals surface area contributed by atoms with Gasteiger partial charge >= 0.3 is 6.09 Å². The second kappa shape index (κ2) is 10.8. The van der Waals surface area contributed by atoms with Crippen molar-refractivity contribution in [3.63, 3.8) is 0 Å². The van der Waals surface area contributed by atoms with Crippen molar-refractivity contribution in [3.8, 4) is 5.75 Å². The van der Waals surface area contributed by atoms with E-state index >= 15 is 0 Å². The molecule has 0 aliphatic heterocycles. The summed E-state index contributed by atoms with van der Waals surface area (Å²) in [5.74, 6) is 0.117. The van der Waals surface area contributed by atoms with Crippen molar-refractivity contribution in [3.05, 3.63) is 54.1 Å². The lowest BCUT2D eigenvalue weighted by Gasteiger charge is -2.27. The van der Waals surface area contributed by atoms with Gasteiger partial charge in [0.2, 0.25) is 0 Å². The van der Waals surface area contributed by atoms with E-state index in [1.807, 2.05) is 25.3 Å². The van der Waals surface area contributed by atoms with Crippen LogP contribution in [0.2, 0.25) is 0 Å². The van der Waals surface area contributed by atoms with Gasteiger partial charge in [0.1, 0.15) is 11.9 Å². The van der Waals surface area contributed by atoms with Crippen LogP contribution in [0.5, 0.6) is 5.75 Å². The van der Waals surface area contributed by atoms with Crippen molar-refractivity contribution >= 4 is 23.5 Å². The average molecular weight is 391 g/mol. The van der Waals surface area contributed by atoms with Crippen LogP contribution in [0.25, 0.3) is 0 Å². The summed E-state index contributed by atoms with van der Waals surface area (Å²) in [5.41, 5.74) is 1.30. The van der Waals surface area contributed by atoms with Gasteiger partial charge in [0.05, 0.1) is 0 Å². The van der Waals surface area contributed by atoms with Crippen molar-refractivity contribution in [2.75, 3.05) is 24.8 Å². The average Bonchev–Trinajstić information content (AvgIpc) is 2.67. The van der Waals surface area contributed by atoms with Crippen molar-refractivity contribution in [2.24, 2.45) is 0 Å². The van der Waals surface area contributed by atoms with Crippen molar-refractivity contribution < 1.29 is 24.5 Å². The van der Waals surface area contributed by atoms with Crippen molar-refractivity contribution in [1.29, 1.82) is 0 Å². The number of amides is 1. The summed E-state index contributed by atoms with van der Waals surface area (Å²) >= 11 is 1.62. The lowest BCUT2D eigenvalue weighted by Crippen LogP contribution is -2.29. The molecule has 0 fully saturated rings. The summed E-state index contributed by atoms with van der Waals surface area (Å²) in [6, 6.07) is 13.8. The van der Waals surface area contributed by atoms with E-state index in [4.69, 9.17) is 9.47 Å². The number of phenols is 1. The fraction of sp³-hybridized carbons (Fsp3) is 0.350. The van der Waals surface area contributed by atoms with Gasteiger partial charge in [-0.05, 0) is 55.1 Å². The molecule has 0 spiro atoms. The number of phenolic OH excluding ortho intramolecular Hbond substituents is 1. The Kier molecular flexibility index (Phi) is 8.44. The monoisotopic (exact) mass is 391 g/mol. The van der Waals surface area contributed by atoms with Crippen LogP contribution in [-0.4, -0.2) is 41.9 Å². The molecule has 0 aliphatic carbocycles. The van der Waals surface area contributed by atoms with Crippen LogP contribution in [0.3, 0.4) is 0 Å². The van der Waals surface area contributed by atoms with E-state index < -0.39 is 18.3 Å². The van der Waals surface area contributed by atoms with Crippen molar-refractivity contribution in [2.45, 2.75) is 30.4 Å². The number of nitrogens with one attached hydrogen (secondary N) is 1.